The lowest BCUT2D eigenvalue weighted by molar-refractivity contribution is -0.118. The molecule has 0 atom stereocenters. The first-order chi connectivity index (χ1) is 11.6. The second kappa shape index (κ2) is 6.74. The molecule has 2 aromatic rings. The van der Waals surface area contributed by atoms with E-state index in [0.29, 0.717) is 24.3 Å². The van der Waals surface area contributed by atoms with Crippen molar-refractivity contribution < 1.29 is 19.1 Å². The molecule has 0 bridgehead atoms. The first kappa shape index (κ1) is 16.1. The fraction of sp³-hybridized carbons (Fsp3) is 0.263. The summed E-state index contributed by atoms with van der Waals surface area (Å²) in [5.41, 5.74) is 3.51. The SMILES string of the molecule is COc1ccc(OC)c(CC(=O)Cc2ccc3c(c2)CC(=O)N3)c1. The lowest BCUT2D eigenvalue weighted by Gasteiger charge is -2.10. The van der Waals surface area contributed by atoms with Gasteiger partial charge in [-0.15, -0.1) is 0 Å². The summed E-state index contributed by atoms with van der Waals surface area (Å²) in [5, 5.41) is 2.79. The van der Waals surface area contributed by atoms with Crippen molar-refractivity contribution in [3.8, 4) is 11.5 Å². The highest BCUT2D eigenvalue weighted by molar-refractivity contribution is 5.99. The van der Waals surface area contributed by atoms with E-state index in [0.717, 1.165) is 22.4 Å². The van der Waals surface area contributed by atoms with Gasteiger partial charge in [0.15, 0.2) is 0 Å². The van der Waals surface area contributed by atoms with Crippen molar-refractivity contribution in [3.63, 3.8) is 0 Å². The average molecular weight is 325 g/mol. The lowest BCUT2D eigenvalue weighted by atomic mass is 10.00. The highest BCUT2D eigenvalue weighted by Crippen LogP contribution is 2.26. The third-order valence-corrected chi connectivity index (χ3v) is 4.07. The Kier molecular flexibility index (Phi) is 4.51. The summed E-state index contributed by atoms with van der Waals surface area (Å²) in [7, 11) is 3.17. The number of rotatable bonds is 6. The summed E-state index contributed by atoms with van der Waals surface area (Å²) in [4.78, 5) is 23.8. The number of ether oxygens (including phenoxy) is 2. The molecule has 0 aliphatic carbocycles. The maximum absolute atomic E-state index is 12.4. The third kappa shape index (κ3) is 3.40. The van der Waals surface area contributed by atoms with Crippen molar-refractivity contribution >= 4 is 17.4 Å². The molecule has 0 aromatic heterocycles. The molecule has 2 aromatic carbocycles. The highest BCUT2D eigenvalue weighted by atomic mass is 16.5. The van der Waals surface area contributed by atoms with E-state index in [1.807, 2.05) is 24.3 Å². The number of amides is 1. The molecule has 24 heavy (non-hydrogen) atoms. The number of nitrogens with one attached hydrogen (secondary N) is 1. The Morgan fingerprint density at radius 3 is 2.67 bits per heavy atom. The smallest absolute Gasteiger partial charge is 0.228 e. The number of hydrogen-bond donors (Lipinski definition) is 1. The number of anilines is 1. The molecule has 0 unspecified atom stereocenters. The molecule has 1 aliphatic rings. The van der Waals surface area contributed by atoms with Crippen molar-refractivity contribution in [3.05, 3.63) is 53.1 Å². The van der Waals surface area contributed by atoms with Gasteiger partial charge < -0.3 is 14.8 Å². The second-order valence-electron chi connectivity index (χ2n) is 5.79. The maximum Gasteiger partial charge on any atom is 0.228 e. The normalized spacial score (nSPS) is 12.5. The minimum Gasteiger partial charge on any atom is -0.497 e. The molecule has 0 radical (unpaired) electrons. The molecule has 3 rings (SSSR count). The van der Waals surface area contributed by atoms with E-state index in [-0.39, 0.29) is 18.1 Å². The van der Waals surface area contributed by atoms with Crippen molar-refractivity contribution in [2.24, 2.45) is 0 Å². The van der Waals surface area contributed by atoms with E-state index in [9.17, 15) is 9.59 Å². The summed E-state index contributed by atoms with van der Waals surface area (Å²) in [6, 6.07) is 11.1. The molecule has 0 saturated carbocycles. The zero-order valence-electron chi connectivity index (χ0n) is 13.7. The van der Waals surface area contributed by atoms with Crippen LogP contribution in [0.5, 0.6) is 11.5 Å². The number of benzene rings is 2. The molecule has 1 N–H and O–H groups in total. The van der Waals surface area contributed by atoms with Gasteiger partial charge in [0.05, 0.1) is 20.6 Å². The van der Waals surface area contributed by atoms with Crippen molar-refractivity contribution in [2.75, 3.05) is 19.5 Å². The monoisotopic (exact) mass is 325 g/mol. The predicted molar refractivity (Wildman–Crippen MR) is 90.7 cm³/mol. The van der Waals surface area contributed by atoms with Gasteiger partial charge in [0.1, 0.15) is 17.3 Å². The van der Waals surface area contributed by atoms with Crippen LogP contribution in [0.25, 0.3) is 0 Å². The molecular weight excluding hydrogens is 306 g/mol. The van der Waals surface area contributed by atoms with Crippen LogP contribution in [0.1, 0.15) is 16.7 Å². The Morgan fingerprint density at radius 1 is 1.08 bits per heavy atom. The number of fused-ring (bicyclic) bond motifs is 1. The summed E-state index contributed by atoms with van der Waals surface area (Å²) in [6.07, 6.45) is 0.970. The Balaban J connectivity index is 1.72. The number of carbonyl (C=O) groups excluding carboxylic acids is 2. The van der Waals surface area contributed by atoms with Crippen molar-refractivity contribution in [2.45, 2.75) is 19.3 Å². The molecule has 5 nitrogen and oxygen atoms in total. The molecule has 1 amide bonds. The number of ketones is 1. The Labute approximate surface area is 140 Å². The van der Waals surface area contributed by atoms with Crippen molar-refractivity contribution in [1.82, 2.24) is 0 Å². The van der Waals surface area contributed by atoms with Gasteiger partial charge in [0, 0.05) is 24.1 Å². The average Bonchev–Trinajstić information content (AvgIpc) is 2.94. The standard InChI is InChI=1S/C19H19NO4/c1-23-16-4-6-18(24-2)14(10-16)9-15(21)8-12-3-5-17-13(7-12)11-19(22)20-17/h3-7,10H,8-9,11H2,1-2H3,(H,20,22). The Bertz CT molecular complexity index is 798. The fourth-order valence-corrected chi connectivity index (χ4v) is 2.92. The van der Waals surface area contributed by atoms with Crippen LogP contribution in [0.4, 0.5) is 5.69 Å². The number of carbonyl (C=O) groups is 2. The highest BCUT2D eigenvalue weighted by Gasteiger charge is 2.18. The predicted octanol–water partition coefficient (Wildman–Crippen LogP) is 2.55. The van der Waals surface area contributed by atoms with Crippen molar-refractivity contribution in [1.29, 1.82) is 0 Å². The van der Waals surface area contributed by atoms with E-state index in [1.165, 1.54) is 0 Å². The molecule has 0 fully saturated rings. The largest absolute Gasteiger partial charge is 0.497 e. The molecule has 5 heteroatoms. The van der Waals surface area contributed by atoms with Gasteiger partial charge in [0.25, 0.3) is 0 Å². The van der Waals surface area contributed by atoms with Gasteiger partial charge in [-0.25, -0.2) is 0 Å². The van der Waals surface area contributed by atoms with Gasteiger partial charge in [-0.05, 0) is 35.4 Å². The summed E-state index contributed by atoms with van der Waals surface area (Å²) in [6.45, 7) is 0. The van der Waals surface area contributed by atoms with E-state index in [2.05, 4.69) is 5.32 Å². The first-order valence-corrected chi connectivity index (χ1v) is 7.73. The summed E-state index contributed by atoms with van der Waals surface area (Å²) < 4.78 is 10.5. The zero-order chi connectivity index (χ0) is 17.1. The van der Waals surface area contributed by atoms with Crippen LogP contribution >= 0.6 is 0 Å². The minimum absolute atomic E-state index is 0.00501. The minimum atomic E-state index is -0.00501. The van der Waals surface area contributed by atoms with Gasteiger partial charge in [0.2, 0.25) is 5.91 Å². The van der Waals surface area contributed by atoms with E-state index >= 15 is 0 Å². The molecular formula is C19H19NO4. The first-order valence-electron chi connectivity index (χ1n) is 7.73. The maximum atomic E-state index is 12.4. The summed E-state index contributed by atoms with van der Waals surface area (Å²) >= 11 is 0. The van der Waals surface area contributed by atoms with Crippen LogP contribution < -0.4 is 14.8 Å². The molecule has 0 saturated heterocycles. The van der Waals surface area contributed by atoms with Gasteiger partial charge >= 0.3 is 0 Å². The van der Waals surface area contributed by atoms with E-state index in [4.69, 9.17) is 9.47 Å². The van der Waals surface area contributed by atoms with E-state index < -0.39 is 0 Å². The molecule has 0 spiro atoms. The Morgan fingerprint density at radius 2 is 1.92 bits per heavy atom. The van der Waals surface area contributed by atoms with Crippen LogP contribution in [0, 0.1) is 0 Å². The second-order valence-corrected chi connectivity index (χ2v) is 5.79. The van der Waals surface area contributed by atoms with Crippen LogP contribution in [-0.4, -0.2) is 25.9 Å². The quantitative estimate of drug-likeness (QED) is 0.886. The van der Waals surface area contributed by atoms with Crippen LogP contribution in [0.3, 0.4) is 0 Å². The van der Waals surface area contributed by atoms with E-state index in [1.54, 1.807) is 26.4 Å². The van der Waals surface area contributed by atoms with Gasteiger partial charge in [-0.2, -0.15) is 0 Å². The summed E-state index contributed by atoms with van der Waals surface area (Å²) in [5.74, 6) is 1.45. The molecule has 1 heterocycles. The number of Topliss-reactive ketones (excluding diaryl/α,β-unsaturated/α-hetero) is 1. The topological polar surface area (TPSA) is 64.6 Å². The third-order valence-electron chi connectivity index (χ3n) is 4.07. The molecule has 124 valence electrons. The fourth-order valence-electron chi connectivity index (χ4n) is 2.92. The number of methoxy groups -OCH3 is 2. The zero-order valence-corrected chi connectivity index (χ0v) is 13.7. The molecule has 1 aliphatic heterocycles. The van der Waals surface area contributed by atoms with Crippen LogP contribution in [-0.2, 0) is 28.9 Å². The van der Waals surface area contributed by atoms with Crippen LogP contribution in [0.2, 0.25) is 0 Å². The number of hydrogen-bond acceptors (Lipinski definition) is 4. The lowest BCUT2D eigenvalue weighted by Crippen LogP contribution is -2.08. The van der Waals surface area contributed by atoms with Crippen LogP contribution in [0.15, 0.2) is 36.4 Å². The Hall–Kier alpha value is -2.82. The van der Waals surface area contributed by atoms with Gasteiger partial charge in [-0.1, -0.05) is 12.1 Å². The van der Waals surface area contributed by atoms with Gasteiger partial charge in [-0.3, -0.25) is 9.59 Å².